The minimum atomic E-state index is -3.67. The summed E-state index contributed by atoms with van der Waals surface area (Å²) < 4.78 is 27.4. The van der Waals surface area contributed by atoms with Crippen LogP contribution in [0.15, 0.2) is 65.6 Å². The lowest BCUT2D eigenvalue weighted by atomic mass is 9.99. The zero-order valence-electron chi connectivity index (χ0n) is 17.6. The third-order valence-corrected chi connectivity index (χ3v) is 8.07. The van der Waals surface area contributed by atoms with E-state index in [0.29, 0.717) is 18.7 Å². The number of rotatable bonds is 7. The first kappa shape index (κ1) is 22.6. The zero-order valence-corrected chi connectivity index (χ0v) is 19.2. The van der Waals surface area contributed by atoms with Crippen molar-refractivity contribution in [3.63, 3.8) is 0 Å². The van der Waals surface area contributed by atoms with Crippen molar-refractivity contribution in [3.05, 3.63) is 76.8 Å². The number of halogens is 1. The number of benzene rings is 3. The Morgan fingerprint density at radius 2 is 1.50 bits per heavy atom. The van der Waals surface area contributed by atoms with Crippen molar-refractivity contribution in [2.24, 2.45) is 0 Å². The number of fused-ring (bicyclic) bond motifs is 1. The Morgan fingerprint density at radius 1 is 0.812 bits per heavy atom. The topological polar surface area (TPSA) is 71.5 Å². The van der Waals surface area contributed by atoms with Crippen LogP contribution < -0.4 is 0 Å². The first-order chi connectivity index (χ1) is 15.4. The van der Waals surface area contributed by atoms with Gasteiger partial charge in [0.15, 0.2) is 11.6 Å². The first-order valence-electron chi connectivity index (χ1n) is 10.7. The number of carbonyl (C=O) groups is 2. The van der Waals surface area contributed by atoms with Crippen molar-refractivity contribution in [2.75, 3.05) is 13.1 Å². The van der Waals surface area contributed by atoms with E-state index in [2.05, 4.69) is 0 Å². The van der Waals surface area contributed by atoms with Crippen molar-refractivity contribution in [1.29, 1.82) is 0 Å². The van der Waals surface area contributed by atoms with E-state index >= 15 is 0 Å². The fourth-order valence-corrected chi connectivity index (χ4v) is 5.77. The molecule has 1 aliphatic heterocycles. The lowest BCUT2D eigenvalue weighted by Gasteiger charge is -2.26. The number of hydrogen-bond donors (Lipinski definition) is 0. The second-order valence-corrected chi connectivity index (χ2v) is 10.4. The second-order valence-electron chi connectivity index (χ2n) is 8.01. The summed E-state index contributed by atoms with van der Waals surface area (Å²) in [6.07, 6.45) is 2.65. The molecule has 3 aromatic carbocycles. The zero-order chi connectivity index (χ0) is 22.7. The smallest absolute Gasteiger partial charge is 0.243 e. The summed E-state index contributed by atoms with van der Waals surface area (Å²) in [7, 11) is -3.67. The molecule has 1 fully saturated rings. The molecule has 0 spiro atoms. The second kappa shape index (κ2) is 9.53. The molecule has 0 amide bonds. The van der Waals surface area contributed by atoms with Gasteiger partial charge in [0.2, 0.25) is 10.0 Å². The van der Waals surface area contributed by atoms with Crippen LogP contribution in [0.2, 0.25) is 5.02 Å². The molecule has 0 atom stereocenters. The summed E-state index contributed by atoms with van der Waals surface area (Å²) in [5.41, 5.74) is 0.681. The number of ketones is 2. The Hall–Kier alpha value is -2.54. The lowest BCUT2D eigenvalue weighted by molar-refractivity contribution is 0.0917. The molecular formula is C25H24ClNO4S. The molecule has 5 nitrogen and oxygen atoms in total. The molecule has 0 aliphatic carbocycles. The number of carbonyl (C=O) groups excluding carboxylic acids is 2. The van der Waals surface area contributed by atoms with Crippen molar-refractivity contribution >= 4 is 44.0 Å². The SMILES string of the molecule is O=C(CCC(=O)c1cc(S(=O)(=O)N2CCCCC2)ccc1Cl)c1ccc2ccccc2c1. The molecule has 3 aromatic rings. The molecule has 0 bridgehead atoms. The van der Waals surface area contributed by atoms with Gasteiger partial charge in [-0.2, -0.15) is 4.31 Å². The van der Waals surface area contributed by atoms with Crippen molar-refractivity contribution in [3.8, 4) is 0 Å². The fraction of sp³-hybridized carbons (Fsp3) is 0.280. The molecule has 0 saturated carbocycles. The highest BCUT2D eigenvalue weighted by molar-refractivity contribution is 7.89. The average Bonchev–Trinajstić information content (AvgIpc) is 2.82. The quantitative estimate of drug-likeness (QED) is 0.427. The number of hydrogen-bond acceptors (Lipinski definition) is 4. The molecule has 7 heteroatoms. The molecule has 4 rings (SSSR count). The maximum absolute atomic E-state index is 12.9. The van der Waals surface area contributed by atoms with E-state index in [9.17, 15) is 18.0 Å². The summed E-state index contributed by atoms with van der Waals surface area (Å²) in [5.74, 6) is -0.489. The van der Waals surface area contributed by atoms with Crippen LogP contribution in [-0.4, -0.2) is 37.4 Å². The van der Waals surface area contributed by atoms with Crippen molar-refractivity contribution < 1.29 is 18.0 Å². The van der Waals surface area contributed by atoms with Gasteiger partial charge in [0.1, 0.15) is 0 Å². The van der Waals surface area contributed by atoms with E-state index < -0.39 is 10.0 Å². The number of piperidine rings is 1. The maximum Gasteiger partial charge on any atom is 0.243 e. The fourth-order valence-electron chi connectivity index (χ4n) is 4.00. The monoisotopic (exact) mass is 469 g/mol. The van der Waals surface area contributed by atoms with Crippen LogP contribution in [0, 0.1) is 0 Å². The third kappa shape index (κ3) is 4.77. The van der Waals surface area contributed by atoms with E-state index in [-0.39, 0.29) is 39.9 Å². The lowest BCUT2D eigenvalue weighted by Crippen LogP contribution is -2.35. The largest absolute Gasteiger partial charge is 0.294 e. The predicted molar refractivity (Wildman–Crippen MR) is 126 cm³/mol. The number of sulfonamides is 1. The minimum absolute atomic E-state index is 0.0244. The molecule has 1 heterocycles. The van der Waals surface area contributed by atoms with Crippen LogP contribution in [0.1, 0.15) is 52.8 Å². The Labute approximate surface area is 193 Å². The predicted octanol–water partition coefficient (Wildman–Crippen LogP) is 5.51. The van der Waals surface area contributed by atoms with Crippen LogP contribution in [-0.2, 0) is 10.0 Å². The molecule has 32 heavy (non-hydrogen) atoms. The molecule has 1 saturated heterocycles. The molecule has 166 valence electrons. The van der Waals surface area contributed by atoms with E-state index in [1.165, 1.54) is 22.5 Å². The van der Waals surface area contributed by atoms with Gasteiger partial charge in [0, 0.05) is 37.1 Å². The van der Waals surface area contributed by atoms with Crippen LogP contribution in [0.25, 0.3) is 10.8 Å². The molecule has 0 unspecified atom stereocenters. The highest BCUT2D eigenvalue weighted by Gasteiger charge is 2.27. The molecule has 0 N–H and O–H groups in total. The van der Waals surface area contributed by atoms with Crippen LogP contribution >= 0.6 is 11.6 Å². The molecule has 0 radical (unpaired) electrons. The van der Waals surface area contributed by atoms with E-state index in [1.807, 2.05) is 36.4 Å². The summed E-state index contributed by atoms with van der Waals surface area (Å²) >= 11 is 6.21. The normalized spacial score (nSPS) is 15.0. The van der Waals surface area contributed by atoms with Gasteiger partial charge >= 0.3 is 0 Å². The summed E-state index contributed by atoms with van der Waals surface area (Å²) in [6.45, 7) is 0.961. The summed E-state index contributed by atoms with van der Waals surface area (Å²) in [4.78, 5) is 25.5. The molecule has 1 aliphatic rings. The summed E-state index contributed by atoms with van der Waals surface area (Å²) in [5, 5.41) is 2.19. The van der Waals surface area contributed by atoms with E-state index in [4.69, 9.17) is 11.6 Å². The van der Waals surface area contributed by atoms with Gasteiger partial charge < -0.3 is 0 Å². The number of nitrogens with zero attached hydrogens (tertiary/aromatic N) is 1. The van der Waals surface area contributed by atoms with Gasteiger partial charge in [0.05, 0.1) is 9.92 Å². The van der Waals surface area contributed by atoms with Gasteiger partial charge in [0.25, 0.3) is 0 Å². The van der Waals surface area contributed by atoms with Crippen LogP contribution in [0.5, 0.6) is 0 Å². The molecule has 0 aromatic heterocycles. The van der Waals surface area contributed by atoms with Gasteiger partial charge in [-0.05, 0) is 47.9 Å². The first-order valence-corrected chi connectivity index (χ1v) is 12.5. The Kier molecular flexibility index (Phi) is 6.74. The molecular weight excluding hydrogens is 446 g/mol. The third-order valence-electron chi connectivity index (χ3n) is 5.84. The Morgan fingerprint density at radius 3 is 2.25 bits per heavy atom. The highest BCUT2D eigenvalue weighted by atomic mass is 35.5. The Bertz CT molecular complexity index is 1280. The summed E-state index contributed by atoms with van der Waals surface area (Å²) in [6, 6.07) is 17.4. The van der Waals surface area contributed by atoms with Gasteiger partial charge in [-0.3, -0.25) is 9.59 Å². The Balaban J connectivity index is 1.49. The van der Waals surface area contributed by atoms with Crippen LogP contribution in [0.4, 0.5) is 0 Å². The van der Waals surface area contributed by atoms with Crippen molar-refractivity contribution in [2.45, 2.75) is 37.0 Å². The standard InChI is InChI=1S/C25H24ClNO4S/c26-23-11-10-21(32(30,31)27-14-4-1-5-15-27)17-22(23)25(29)13-12-24(28)20-9-8-18-6-2-3-7-19(18)16-20/h2-3,6-11,16-17H,1,4-5,12-15H2. The van der Waals surface area contributed by atoms with Gasteiger partial charge in [-0.15, -0.1) is 0 Å². The minimum Gasteiger partial charge on any atom is -0.294 e. The highest BCUT2D eigenvalue weighted by Crippen LogP contribution is 2.26. The van der Waals surface area contributed by atoms with Gasteiger partial charge in [-0.1, -0.05) is 54.4 Å². The van der Waals surface area contributed by atoms with Gasteiger partial charge in [-0.25, -0.2) is 8.42 Å². The van der Waals surface area contributed by atoms with E-state index in [0.717, 1.165) is 30.0 Å². The average molecular weight is 470 g/mol. The van der Waals surface area contributed by atoms with E-state index in [1.54, 1.807) is 6.07 Å². The maximum atomic E-state index is 12.9. The van der Waals surface area contributed by atoms with Crippen LogP contribution in [0.3, 0.4) is 0 Å². The van der Waals surface area contributed by atoms with Crippen molar-refractivity contribution in [1.82, 2.24) is 4.31 Å². The number of Topliss-reactive ketones (excluding diaryl/α,β-unsaturated/α-hetero) is 2.